The number of amides is 3. The van der Waals surface area contributed by atoms with Gasteiger partial charge in [0.1, 0.15) is 0 Å². The van der Waals surface area contributed by atoms with E-state index in [9.17, 15) is 19.2 Å². The van der Waals surface area contributed by atoms with Gasteiger partial charge in [-0.1, -0.05) is 36.4 Å². The minimum atomic E-state index is -0.656. The fourth-order valence-electron chi connectivity index (χ4n) is 6.77. The molecule has 3 aliphatic rings. The lowest BCUT2D eigenvalue weighted by molar-refractivity contribution is -0.123. The van der Waals surface area contributed by atoms with E-state index in [0.29, 0.717) is 17.3 Å². The maximum absolute atomic E-state index is 13.5. The van der Waals surface area contributed by atoms with Crippen molar-refractivity contribution in [2.75, 3.05) is 16.8 Å². The molecule has 2 bridgehead atoms. The van der Waals surface area contributed by atoms with E-state index >= 15 is 0 Å². The van der Waals surface area contributed by atoms with Gasteiger partial charge >= 0.3 is 5.97 Å². The lowest BCUT2D eigenvalue weighted by Gasteiger charge is -2.28. The molecule has 0 unspecified atom stereocenters. The second-order valence-electron chi connectivity index (χ2n) is 10.9. The highest BCUT2D eigenvalue weighted by atomic mass is 16.5. The second-order valence-corrected chi connectivity index (χ2v) is 10.9. The molecule has 3 fully saturated rings. The zero-order valence-electron chi connectivity index (χ0n) is 21.9. The van der Waals surface area contributed by atoms with Gasteiger partial charge in [0, 0.05) is 5.69 Å². The van der Waals surface area contributed by atoms with E-state index < -0.39 is 18.5 Å². The van der Waals surface area contributed by atoms with E-state index in [1.807, 2.05) is 44.2 Å². The predicted octanol–water partition coefficient (Wildman–Crippen LogP) is 5.03. The summed E-state index contributed by atoms with van der Waals surface area (Å²) >= 11 is 0. The van der Waals surface area contributed by atoms with E-state index in [4.69, 9.17) is 4.74 Å². The molecule has 5 atom stereocenters. The topological polar surface area (TPSA) is 92.8 Å². The largest absolute Gasteiger partial charge is 0.452 e. The van der Waals surface area contributed by atoms with E-state index in [0.717, 1.165) is 24.0 Å². The average molecular weight is 523 g/mol. The van der Waals surface area contributed by atoms with Crippen molar-refractivity contribution in [2.45, 2.75) is 32.6 Å². The number of benzene rings is 3. The first-order valence-electron chi connectivity index (χ1n) is 13.4. The Morgan fingerprint density at radius 3 is 2.31 bits per heavy atom. The van der Waals surface area contributed by atoms with Crippen LogP contribution in [0, 0.1) is 37.5 Å². The number of carbonyl (C=O) groups is 4. The molecule has 3 aromatic carbocycles. The lowest BCUT2D eigenvalue weighted by atomic mass is 9.73. The first-order valence-corrected chi connectivity index (χ1v) is 13.4. The van der Waals surface area contributed by atoms with Gasteiger partial charge in [-0.05, 0) is 97.5 Å². The van der Waals surface area contributed by atoms with Crippen molar-refractivity contribution in [3.8, 4) is 0 Å². The number of ether oxygens (including phenoxy) is 1. The standard InChI is InChI=1S/C32H30N2O5/c1-18-8-11-23(14-19(18)2)33-27(35)17-39-32(38)21-9-12-24(13-10-21)34-30(36)28-22-15-25(20-6-4-3-5-7-20)26(16-22)29(28)31(34)37/h3-14,22,25-26,28-29H,15-17H2,1-2H3,(H,33,35)/t22-,25-,26+,28+,29-/m0/s1. The highest BCUT2D eigenvalue weighted by Crippen LogP contribution is 2.61. The molecule has 0 radical (unpaired) electrons. The van der Waals surface area contributed by atoms with Crippen LogP contribution in [0.5, 0.6) is 0 Å². The molecule has 2 saturated carbocycles. The van der Waals surface area contributed by atoms with E-state index in [1.54, 1.807) is 18.2 Å². The number of rotatable bonds is 6. The van der Waals surface area contributed by atoms with Gasteiger partial charge in [0.2, 0.25) is 11.8 Å². The smallest absolute Gasteiger partial charge is 0.338 e. The molecular weight excluding hydrogens is 492 g/mol. The summed E-state index contributed by atoms with van der Waals surface area (Å²) in [5.74, 6) is -1.23. The van der Waals surface area contributed by atoms with Crippen LogP contribution >= 0.6 is 0 Å². The summed E-state index contributed by atoms with van der Waals surface area (Å²) < 4.78 is 5.18. The van der Waals surface area contributed by atoms with Crippen LogP contribution in [0.25, 0.3) is 0 Å². The number of nitrogens with zero attached hydrogens (tertiary/aromatic N) is 1. The minimum absolute atomic E-state index is 0.137. The van der Waals surface area contributed by atoms with Crippen LogP contribution in [-0.2, 0) is 19.1 Å². The predicted molar refractivity (Wildman–Crippen MR) is 146 cm³/mol. The molecule has 2 aliphatic carbocycles. The Morgan fingerprint density at radius 2 is 1.59 bits per heavy atom. The van der Waals surface area contributed by atoms with Gasteiger partial charge in [0.15, 0.2) is 6.61 Å². The van der Waals surface area contributed by atoms with Crippen LogP contribution in [0.1, 0.15) is 45.8 Å². The molecule has 6 rings (SSSR count). The average Bonchev–Trinajstić information content (AvgIpc) is 3.61. The maximum Gasteiger partial charge on any atom is 0.338 e. The first-order chi connectivity index (χ1) is 18.8. The van der Waals surface area contributed by atoms with Gasteiger partial charge in [-0.25, -0.2) is 4.79 Å². The van der Waals surface area contributed by atoms with E-state index in [-0.39, 0.29) is 41.0 Å². The Balaban J connectivity index is 1.09. The first kappa shape index (κ1) is 25.0. The zero-order valence-corrected chi connectivity index (χ0v) is 21.9. The third-order valence-corrected chi connectivity index (χ3v) is 8.73. The number of hydrogen-bond donors (Lipinski definition) is 1. The molecule has 39 heavy (non-hydrogen) atoms. The van der Waals surface area contributed by atoms with Gasteiger partial charge in [-0.2, -0.15) is 0 Å². The molecule has 7 heteroatoms. The quantitative estimate of drug-likeness (QED) is 0.362. The number of anilines is 2. The highest BCUT2D eigenvalue weighted by molar-refractivity contribution is 6.22. The summed E-state index contributed by atoms with van der Waals surface area (Å²) in [6, 6.07) is 22.1. The van der Waals surface area contributed by atoms with Crippen LogP contribution in [0.2, 0.25) is 0 Å². The molecule has 0 aromatic heterocycles. The van der Waals surface area contributed by atoms with Crippen LogP contribution in [0.15, 0.2) is 72.8 Å². The molecule has 1 N–H and O–H groups in total. The Morgan fingerprint density at radius 1 is 0.872 bits per heavy atom. The number of carbonyl (C=O) groups excluding carboxylic acids is 4. The second kappa shape index (κ2) is 9.80. The molecular formula is C32H30N2O5. The Labute approximate surface area is 227 Å². The number of hydrogen-bond acceptors (Lipinski definition) is 5. The van der Waals surface area contributed by atoms with Gasteiger partial charge in [0.05, 0.1) is 23.1 Å². The van der Waals surface area contributed by atoms with Crippen molar-refractivity contribution < 1.29 is 23.9 Å². The van der Waals surface area contributed by atoms with Crippen LogP contribution in [0.4, 0.5) is 11.4 Å². The molecule has 1 saturated heterocycles. The van der Waals surface area contributed by atoms with Crippen LogP contribution in [-0.4, -0.2) is 30.3 Å². The van der Waals surface area contributed by atoms with Crippen LogP contribution in [0.3, 0.4) is 0 Å². The molecule has 1 heterocycles. The number of esters is 1. The summed E-state index contributed by atoms with van der Waals surface area (Å²) in [7, 11) is 0. The molecule has 7 nitrogen and oxygen atoms in total. The third kappa shape index (κ3) is 4.42. The molecule has 0 spiro atoms. The van der Waals surface area contributed by atoms with Crippen molar-refractivity contribution in [1.82, 2.24) is 0 Å². The fraction of sp³-hybridized carbons (Fsp3) is 0.312. The number of aryl methyl sites for hydroxylation is 2. The number of fused-ring (bicyclic) bond motifs is 5. The van der Waals surface area contributed by atoms with Gasteiger partial charge < -0.3 is 10.1 Å². The number of nitrogens with one attached hydrogen (secondary N) is 1. The van der Waals surface area contributed by atoms with Gasteiger partial charge in [-0.3, -0.25) is 19.3 Å². The van der Waals surface area contributed by atoms with Crippen molar-refractivity contribution in [3.05, 3.63) is 95.1 Å². The summed E-state index contributed by atoms with van der Waals surface area (Å²) in [5, 5.41) is 2.72. The molecule has 3 amide bonds. The third-order valence-electron chi connectivity index (χ3n) is 8.73. The Bertz CT molecular complexity index is 1470. The molecule has 1 aliphatic heterocycles. The number of imide groups is 1. The SMILES string of the molecule is Cc1ccc(NC(=O)COC(=O)c2ccc(N3C(=O)[C@@H]4[C@@H]5C[C@@H]([C@@H]4C3=O)[C@H](c3ccccc3)C5)cc2)cc1C. The normalized spacial score (nSPS) is 25.1. The zero-order chi connectivity index (χ0) is 27.3. The summed E-state index contributed by atoms with van der Waals surface area (Å²) in [6.07, 6.45) is 1.85. The summed E-state index contributed by atoms with van der Waals surface area (Å²) in [6.45, 7) is 3.52. The van der Waals surface area contributed by atoms with Gasteiger partial charge in [-0.15, -0.1) is 0 Å². The van der Waals surface area contributed by atoms with Crippen molar-refractivity contribution in [1.29, 1.82) is 0 Å². The lowest BCUT2D eigenvalue weighted by Crippen LogP contribution is -2.33. The highest BCUT2D eigenvalue weighted by Gasteiger charge is 2.64. The Kier molecular flexibility index (Phi) is 6.29. The summed E-state index contributed by atoms with van der Waals surface area (Å²) in [4.78, 5) is 53.0. The maximum atomic E-state index is 13.5. The fourth-order valence-corrected chi connectivity index (χ4v) is 6.77. The van der Waals surface area contributed by atoms with Crippen molar-refractivity contribution >= 4 is 35.1 Å². The van der Waals surface area contributed by atoms with Gasteiger partial charge in [0.25, 0.3) is 5.91 Å². The van der Waals surface area contributed by atoms with E-state index in [1.165, 1.54) is 22.6 Å². The molecule has 3 aromatic rings. The van der Waals surface area contributed by atoms with Crippen LogP contribution < -0.4 is 10.2 Å². The molecule has 198 valence electrons. The minimum Gasteiger partial charge on any atom is -0.452 e. The van der Waals surface area contributed by atoms with Crippen molar-refractivity contribution in [2.24, 2.45) is 23.7 Å². The van der Waals surface area contributed by atoms with E-state index in [2.05, 4.69) is 17.4 Å². The van der Waals surface area contributed by atoms with Crippen molar-refractivity contribution in [3.63, 3.8) is 0 Å². The summed E-state index contributed by atoms with van der Waals surface area (Å²) in [5.41, 5.74) is 4.74. The monoisotopic (exact) mass is 522 g/mol. The Hall–Kier alpha value is -4.26.